The van der Waals surface area contributed by atoms with Crippen molar-refractivity contribution in [2.24, 2.45) is 5.92 Å². The summed E-state index contributed by atoms with van der Waals surface area (Å²) >= 11 is 0. The van der Waals surface area contributed by atoms with Gasteiger partial charge in [-0.2, -0.15) is 5.10 Å². The fourth-order valence-corrected chi connectivity index (χ4v) is 2.03. The summed E-state index contributed by atoms with van der Waals surface area (Å²) in [6.45, 7) is 7.00. The van der Waals surface area contributed by atoms with Gasteiger partial charge in [-0.15, -0.1) is 0 Å². The number of aryl methyl sites for hydroxylation is 3. The maximum absolute atomic E-state index is 11.8. The van der Waals surface area contributed by atoms with E-state index < -0.39 is 11.9 Å². The topological polar surface area (TPSA) is 87.5 Å². The molecule has 1 aromatic heterocycles. The molecule has 1 heterocycles. The third-order valence-corrected chi connectivity index (χ3v) is 3.24. The highest BCUT2D eigenvalue weighted by Gasteiger charge is 2.16. The molecule has 0 saturated carbocycles. The first-order valence-corrected chi connectivity index (χ1v) is 7.04. The number of aliphatic carboxylic acids is 1. The number of nitrogens with one attached hydrogen (secondary N) is 1. The third-order valence-electron chi connectivity index (χ3n) is 3.24. The molecule has 21 heavy (non-hydrogen) atoms. The fourth-order valence-electron chi connectivity index (χ4n) is 2.03. The zero-order chi connectivity index (χ0) is 16.0. The number of amides is 2. The summed E-state index contributed by atoms with van der Waals surface area (Å²) in [7, 11) is 1.59. The van der Waals surface area contributed by atoms with Crippen LogP contribution in [0.25, 0.3) is 0 Å². The average molecular weight is 296 g/mol. The molecule has 0 saturated heterocycles. The molecular weight excluding hydrogens is 272 g/mol. The van der Waals surface area contributed by atoms with Gasteiger partial charge in [0.05, 0.1) is 11.6 Å². The maximum atomic E-state index is 11.8. The molecule has 0 aromatic carbocycles. The second-order valence-electron chi connectivity index (χ2n) is 5.36. The monoisotopic (exact) mass is 296 g/mol. The minimum Gasteiger partial charge on any atom is -0.481 e. The molecule has 0 spiro atoms. The molecule has 1 aromatic rings. The second-order valence-corrected chi connectivity index (χ2v) is 5.36. The van der Waals surface area contributed by atoms with Crippen molar-refractivity contribution < 1.29 is 14.7 Å². The first-order valence-electron chi connectivity index (χ1n) is 7.04. The molecule has 1 unspecified atom stereocenters. The Labute approximate surface area is 124 Å². The van der Waals surface area contributed by atoms with Crippen LogP contribution in [0, 0.1) is 19.8 Å². The Morgan fingerprint density at radius 3 is 2.67 bits per heavy atom. The van der Waals surface area contributed by atoms with E-state index in [1.165, 1.54) is 4.90 Å². The van der Waals surface area contributed by atoms with E-state index in [2.05, 4.69) is 10.4 Å². The number of carboxylic acids is 1. The number of nitrogens with zero attached hydrogens (tertiary/aromatic N) is 3. The van der Waals surface area contributed by atoms with E-state index in [1.54, 1.807) is 14.0 Å². The van der Waals surface area contributed by atoms with Gasteiger partial charge in [-0.05, 0) is 26.3 Å². The van der Waals surface area contributed by atoms with Crippen molar-refractivity contribution in [3.05, 3.63) is 17.5 Å². The van der Waals surface area contributed by atoms with Crippen molar-refractivity contribution in [2.75, 3.05) is 20.1 Å². The van der Waals surface area contributed by atoms with Crippen LogP contribution >= 0.6 is 0 Å². The van der Waals surface area contributed by atoms with E-state index in [4.69, 9.17) is 5.11 Å². The number of carbonyl (C=O) groups excluding carboxylic acids is 1. The minimum absolute atomic E-state index is 0.193. The first-order chi connectivity index (χ1) is 9.81. The van der Waals surface area contributed by atoms with Gasteiger partial charge < -0.3 is 15.3 Å². The molecular formula is C14H24N4O3. The van der Waals surface area contributed by atoms with Gasteiger partial charge in [0.1, 0.15) is 0 Å². The van der Waals surface area contributed by atoms with E-state index in [-0.39, 0.29) is 12.6 Å². The van der Waals surface area contributed by atoms with Gasteiger partial charge >= 0.3 is 12.0 Å². The maximum Gasteiger partial charge on any atom is 0.317 e. The lowest BCUT2D eigenvalue weighted by atomic mass is 10.2. The minimum atomic E-state index is -0.904. The fraction of sp³-hybridized carbons (Fsp3) is 0.643. The lowest BCUT2D eigenvalue weighted by Crippen LogP contribution is -2.41. The average Bonchev–Trinajstić information content (AvgIpc) is 2.72. The van der Waals surface area contributed by atoms with Crippen LogP contribution in [0.5, 0.6) is 0 Å². The molecule has 0 radical (unpaired) electrons. The number of carbonyl (C=O) groups is 2. The lowest BCUT2D eigenvalue weighted by Gasteiger charge is -2.20. The van der Waals surface area contributed by atoms with Crippen LogP contribution in [0.15, 0.2) is 6.07 Å². The Morgan fingerprint density at radius 1 is 1.48 bits per heavy atom. The number of aromatic nitrogens is 2. The Kier molecular flexibility index (Phi) is 6.20. The van der Waals surface area contributed by atoms with Crippen molar-refractivity contribution in [3.63, 3.8) is 0 Å². The molecule has 0 aliphatic rings. The number of carboxylic acid groups (broad SMARTS) is 1. The summed E-state index contributed by atoms with van der Waals surface area (Å²) in [5.74, 6) is -1.48. The molecule has 2 N–H and O–H groups in total. The molecule has 0 aliphatic heterocycles. The Bertz CT molecular complexity index is 498. The van der Waals surface area contributed by atoms with E-state index >= 15 is 0 Å². The molecule has 0 bridgehead atoms. The summed E-state index contributed by atoms with van der Waals surface area (Å²) in [4.78, 5) is 23.9. The number of hydrogen-bond donors (Lipinski definition) is 2. The highest BCUT2D eigenvalue weighted by atomic mass is 16.4. The van der Waals surface area contributed by atoms with Crippen molar-refractivity contribution in [2.45, 2.75) is 33.7 Å². The molecule has 0 fully saturated rings. The highest BCUT2D eigenvalue weighted by Crippen LogP contribution is 2.02. The van der Waals surface area contributed by atoms with E-state index in [0.29, 0.717) is 6.54 Å². The zero-order valence-corrected chi connectivity index (χ0v) is 13.1. The number of urea groups is 1. The molecule has 0 aliphatic carbocycles. The van der Waals surface area contributed by atoms with Gasteiger partial charge in [-0.25, -0.2) is 4.79 Å². The SMILES string of the molecule is Cc1cc(C)n(CCCNC(=O)N(C)CC(C)C(=O)O)n1. The smallest absolute Gasteiger partial charge is 0.317 e. The first kappa shape index (κ1) is 17.0. The molecule has 2 amide bonds. The number of rotatable bonds is 7. The quantitative estimate of drug-likeness (QED) is 0.741. The van der Waals surface area contributed by atoms with Gasteiger partial charge in [0.15, 0.2) is 0 Å². The van der Waals surface area contributed by atoms with Crippen LogP contribution in [0.1, 0.15) is 24.7 Å². The lowest BCUT2D eigenvalue weighted by molar-refractivity contribution is -0.141. The van der Waals surface area contributed by atoms with E-state index in [0.717, 1.165) is 24.4 Å². The Morgan fingerprint density at radius 2 is 2.14 bits per heavy atom. The van der Waals surface area contributed by atoms with Gasteiger partial charge in [0.2, 0.25) is 0 Å². The highest BCUT2D eigenvalue weighted by molar-refractivity contribution is 5.75. The molecule has 1 atom stereocenters. The molecule has 1 rings (SSSR count). The van der Waals surface area contributed by atoms with Crippen LogP contribution in [0.3, 0.4) is 0 Å². The normalized spacial score (nSPS) is 12.0. The van der Waals surface area contributed by atoms with Crippen LogP contribution in [0.2, 0.25) is 0 Å². The molecule has 7 nitrogen and oxygen atoms in total. The van der Waals surface area contributed by atoms with E-state index in [1.807, 2.05) is 24.6 Å². The predicted octanol–water partition coefficient (Wildman–Crippen LogP) is 1.25. The van der Waals surface area contributed by atoms with Crippen LogP contribution < -0.4 is 5.32 Å². The van der Waals surface area contributed by atoms with E-state index in [9.17, 15) is 9.59 Å². The van der Waals surface area contributed by atoms with Gasteiger partial charge in [0.25, 0.3) is 0 Å². The largest absolute Gasteiger partial charge is 0.481 e. The molecule has 7 heteroatoms. The van der Waals surface area contributed by atoms with Crippen molar-refractivity contribution in [1.29, 1.82) is 0 Å². The summed E-state index contributed by atoms with van der Waals surface area (Å²) in [6.07, 6.45) is 0.774. The molecule has 118 valence electrons. The summed E-state index contributed by atoms with van der Waals surface area (Å²) < 4.78 is 1.91. The predicted molar refractivity (Wildman–Crippen MR) is 79.1 cm³/mol. The standard InChI is InChI=1S/C14H24N4O3/c1-10(13(19)20)9-17(4)14(21)15-6-5-7-18-12(3)8-11(2)16-18/h8,10H,5-7,9H2,1-4H3,(H,15,21)(H,19,20). The van der Waals surface area contributed by atoms with Gasteiger partial charge in [0, 0.05) is 32.4 Å². The third kappa shape index (κ3) is 5.45. The van der Waals surface area contributed by atoms with Gasteiger partial charge in [-0.1, -0.05) is 6.92 Å². The van der Waals surface area contributed by atoms with Crippen molar-refractivity contribution in [3.8, 4) is 0 Å². The van der Waals surface area contributed by atoms with Gasteiger partial charge in [-0.3, -0.25) is 9.48 Å². The second kappa shape index (κ2) is 7.66. The van der Waals surface area contributed by atoms with Crippen molar-refractivity contribution in [1.82, 2.24) is 20.0 Å². The summed E-state index contributed by atoms with van der Waals surface area (Å²) in [5.41, 5.74) is 2.09. The van der Waals surface area contributed by atoms with Crippen LogP contribution in [-0.2, 0) is 11.3 Å². The number of hydrogen-bond acceptors (Lipinski definition) is 3. The summed E-state index contributed by atoms with van der Waals surface area (Å²) in [6, 6.07) is 1.76. The Hall–Kier alpha value is -2.05. The zero-order valence-electron chi connectivity index (χ0n) is 13.1. The van der Waals surface area contributed by atoms with Crippen LogP contribution in [-0.4, -0.2) is 51.9 Å². The van der Waals surface area contributed by atoms with Crippen LogP contribution in [0.4, 0.5) is 4.79 Å². The Balaban J connectivity index is 2.27. The summed E-state index contributed by atoms with van der Waals surface area (Å²) in [5, 5.41) is 15.9. The van der Waals surface area contributed by atoms with Crippen molar-refractivity contribution >= 4 is 12.0 Å².